The van der Waals surface area contributed by atoms with Crippen molar-refractivity contribution in [2.75, 3.05) is 13.2 Å². The molecule has 0 amide bonds. The summed E-state index contributed by atoms with van der Waals surface area (Å²) in [5.74, 6) is 1.58. The van der Waals surface area contributed by atoms with Gasteiger partial charge in [-0.1, -0.05) is 23.5 Å². The molecule has 1 aromatic rings. The first-order valence-corrected chi connectivity index (χ1v) is 8.12. The molecule has 2 rings (SSSR count). The van der Waals surface area contributed by atoms with Crippen LogP contribution < -0.4 is 9.47 Å². The lowest BCUT2D eigenvalue weighted by Crippen LogP contribution is -1.99. The molecule has 21 heavy (non-hydrogen) atoms. The Labute approximate surface area is 132 Å². The first-order chi connectivity index (χ1) is 10.2. The Hall–Kier alpha value is -1.76. The highest BCUT2D eigenvalue weighted by atomic mass is 32.2. The highest BCUT2D eigenvalue weighted by molar-refractivity contribution is 8.24. The van der Waals surface area contributed by atoms with Crippen molar-refractivity contribution >= 4 is 23.5 Å². The average molecular weight is 318 g/mol. The molecule has 0 bridgehead atoms. The third-order valence-corrected chi connectivity index (χ3v) is 5.36. The van der Waals surface area contributed by atoms with Crippen LogP contribution in [0.1, 0.15) is 19.4 Å². The predicted molar refractivity (Wildman–Crippen MR) is 83.5 cm³/mol. The molecule has 1 heterocycles. The molecular weight excluding hydrogens is 304 g/mol. The number of nitrogens with zero attached hydrogens (tertiary/aromatic N) is 2. The van der Waals surface area contributed by atoms with Crippen LogP contribution in [0.3, 0.4) is 0 Å². The van der Waals surface area contributed by atoms with Gasteiger partial charge >= 0.3 is 0 Å². The Kier molecular flexibility index (Phi) is 5.06. The van der Waals surface area contributed by atoms with Gasteiger partial charge in [-0.2, -0.15) is 10.5 Å². The van der Waals surface area contributed by atoms with Crippen molar-refractivity contribution in [2.45, 2.75) is 30.6 Å². The Bertz CT molecular complexity index is 668. The standard InChI is InChI=1S/C15H14N2O2S2/c1-4-18-11-6-9(3)12(19-5-2)14-13(11)20-15(21-14)10(7-16)8-17/h6H,4-5H2,1-3H3. The number of thioether (sulfide) groups is 2. The third kappa shape index (κ3) is 2.97. The van der Waals surface area contributed by atoms with Crippen molar-refractivity contribution in [3.05, 3.63) is 21.4 Å². The molecule has 0 aromatic heterocycles. The fourth-order valence-electron chi connectivity index (χ4n) is 1.92. The minimum atomic E-state index is 0.128. The van der Waals surface area contributed by atoms with Crippen LogP contribution in [0.5, 0.6) is 11.5 Å². The van der Waals surface area contributed by atoms with Gasteiger partial charge in [-0.3, -0.25) is 0 Å². The van der Waals surface area contributed by atoms with E-state index < -0.39 is 0 Å². The molecule has 4 nitrogen and oxygen atoms in total. The lowest BCUT2D eigenvalue weighted by molar-refractivity contribution is 0.314. The number of nitriles is 2. The molecule has 108 valence electrons. The van der Waals surface area contributed by atoms with Crippen LogP contribution in [-0.4, -0.2) is 13.2 Å². The number of hydrogen-bond acceptors (Lipinski definition) is 6. The molecule has 0 saturated heterocycles. The van der Waals surface area contributed by atoms with E-state index in [0.29, 0.717) is 17.5 Å². The van der Waals surface area contributed by atoms with Gasteiger partial charge in [0.25, 0.3) is 0 Å². The first-order valence-electron chi connectivity index (χ1n) is 6.49. The van der Waals surface area contributed by atoms with Crippen LogP contribution in [0.4, 0.5) is 0 Å². The Balaban J connectivity index is 2.58. The quantitative estimate of drug-likeness (QED) is 0.773. The molecule has 0 spiro atoms. The van der Waals surface area contributed by atoms with Crippen molar-refractivity contribution in [2.24, 2.45) is 0 Å². The number of rotatable bonds is 4. The highest BCUT2D eigenvalue weighted by Crippen LogP contribution is 2.59. The van der Waals surface area contributed by atoms with E-state index in [4.69, 9.17) is 20.0 Å². The molecule has 6 heteroatoms. The Morgan fingerprint density at radius 1 is 1.10 bits per heavy atom. The summed E-state index contributed by atoms with van der Waals surface area (Å²) in [4.78, 5) is 1.86. The van der Waals surface area contributed by atoms with E-state index in [1.807, 2.05) is 39.0 Å². The average Bonchev–Trinajstić information content (AvgIpc) is 2.90. The number of allylic oxidation sites excluding steroid dienone is 1. The van der Waals surface area contributed by atoms with Crippen LogP contribution in [0, 0.1) is 29.6 Å². The van der Waals surface area contributed by atoms with E-state index in [-0.39, 0.29) is 5.57 Å². The number of hydrogen-bond donors (Lipinski definition) is 0. The first kappa shape index (κ1) is 15.6. The minimum Gasteiger partial charge on any atom is -0.493 e. The highest BCUT2D eigenvalue weighted by Gasteiger charge is 2.29. The summed E-state index contributed by atoms with van der Waals surface area (Å²) in [5, 5.41) is 18.1. The fourth-order valence-corrected chi connectivity index (χ4v) is 4.51. The van der Waals surface area contributed by atoms with E-state index in [2.05, 4.69) is 0 Å². The second-order valence-corrected chi connectivity index (χ2v) is 6.43. The van der Waals surface area contributed by atoms with E-state index >= 15 is 0 Å². The van der Waals surface area contributed by atoms with Gasteiger partial charge in [-0.25, -0.2) is 0 Å². The maximum Gasteiger partial charge on any atom is 0.150 e. The summed E-state index contributed by atoms with van der Waals surface area (Å²) >= 11 is 2.81. The fraction of sp³-hybridized carbons (Fsp3) is 0.333. The van der Waals surface area contributed by atoms with Gasteiger partial charge in [0.2, 0.25) is 0 Å². The van der Waals surface area contributed by atoms with Gasteiger partial charge in [0.1, 0.15) is 29.2 Å². The maximum absolute atomic E-state index is 9.05. The van der Waals surface area contributed by atoms with Crippen LogP contribution in [0.25, 0.3) is 0 Å². The van der Waals surface area contributed by atoms with Crippen LogP contribution in [0.15, 0.2) is 25.7 Å². The topological polar surface area (TPSA) is 66.0 Å². The SMILES string of the molecule is CCOc1cc(C)c(OCC)c2c1SC(=C(C#N)C#N)S2. The molecule has 0 radical (unpaired) electrons. The van der Waals surface area contributed by atoms with Gasteiger partial charge in [-0.15, -0.1) is 0 Å². The summed E-state index contributed by atoms with van der Waals surface area (Å²) in [7, 11) is 0. The maximum atomic E-state index is 9.05. The zero-order chi connectivity index (χ0) is 15.4. The summed E-state index contributed by atoms with van der Waals surface area (Å²) in [6.45, 7) is 6.96. The van der Waals surface area contributed by atoms with E-state index in [9.17, 15) is 0 Å². The van der Waals surface area contributed by atoms with Crippen LogP contribution in [0.2, 0.25) is 0 Å². The smallest absolute Gasteiger partial charge is 0.150 e. The summed E-state index contributed by atoms with van der Waals surface area (Å²) < 4.78 is 12.1. The second kappa shape index (κ2) is 6.80. The summed E-state index contributed by atoms with van der Waals surface area (Å²) in [6.07, 6.45) is 0. The molecule has 0 aliphatic carbocycles. The van der Waals surface area contributed by atoms with E-state index in [1.165, 1.54) is 23.5 Å². The molecule has 1 aliphatic rings. The molecule has 1 aromatic carbocycles. The van der Waals surface area contributed by atoms with Crippen molar-refractivity contribution in [1.29, 1.82) is 10.5 Å². The second-order valence-electron chi connectivity index (χ2n) is 4.14. The largest absolute Gasteiger partial charge is 0.493 e. The minimum absolute atomic E-state index is 0.128. The lowest BCUT2D eigenvalue weighted by atomic mass is 10.2. The van der Waals surface area contributed by atoms with Crippen LogP contribution in [-0.2, 0) is 0 Å². The van der Waals surface area contributed by atoms with Gasteiger partial charge < -0.3 is 9.47 Å². The molecule has 0 fully saturated rings. The van der Waals surface area contributed by atoms with Crippen molar-refractivity contribution in [3.63, 3.8) is 0 Å². The molecule has 0 N–H and O–H groups in total. The Morgan fingerprint density at radius 2 is 1.71 bits per heavy atom. The Morgan fingerprint density at radius 3 is 2.29 bits per heavy atom. The number of aryl methyl sites for hydroxylation is 1. The summed E-state index contributed by atoms with van der Waals surface area (Å²) in [5.41, 5.74) is 1.12. The molecule has 0 unspecified atom stereocenters. The zero-order valence-corrected chi connectivity index (χ0v) is 13.7. The number of benzene rings is 1. The zero-order valence-electron chi connectivity index (χ0n) is 12.0. The van der Waals surface area contributed by atoms with Crippen molar-refractivity contribution < 1.29 is 9.47 Å². The summed E-state index contributed by atoms with van der Waals surface area (Å²) in [6, 6.07) is 5.83. The van der Waals surface area contributed by atoms with Crippen molar-refractivity contribution in [3.8, 4) is 23.6 Å². The molecule has 1 aliphatic heterocycles. The lowest BCUT2D eigenvalue weighted by Gasteiger charge is -2.14. The predicted octanol–water partition coefficient (Wildman–Crippen LogP) is 4.25. The molecular formula is C15H14N2O2S2. The van der Waals surface area contributed by atoms with E-state index in [1.54, 1.807) is 0 Å². The molecule has 0 saturated carbocycles. The molecule has 0 atom stereocenters. The monoisotopic (exact) mass is 318 g/mol. The van der Waals surface area contributed by atoms with E-state index in [0.717, 1.165) is 26.9 Å². The van der Waals surface area contributed by atoms with Gasteiger partial charge in [-0.05, 0) is 32.4 Å². The number of fused-ring (bicyclic) bond motifs is 1. The third-order valence-electron chi connectivity index (χ3n) is 2.75. The van der Waals surface area contributed by atoms with Crippen LogP contribution >= 0.6 is 23.5 Å². The van der Waals surface area contributed by atoms with Gasteiger partial charge in [0.05, 0.1) is 27.2 Å². The van der Waals surface area contributed by atoms with Crippen molar-refractivity contribution in [1.82, 2.24) is 0 Å². The van der Waals surface area contributed by atoms with Gasteiger partial charge in [0.15, 0.2) is 0 Å². The number of ether oxygens (including phenoxy) is 2. The normalized spacial score (nSPS) is 12.3. The van der Waals surface area contributed by atoms with Gasteiger partial charge in [0, 0.05) is 0 Å².